The van der Waals surface area contributed by atoms with Crippen molar-refractivity contribution >= 4 is 5.95 Å². The van der Waals surface area contributed by atoms with Gasteiger partial charge in [-0.05, 0) is 6.92 Å². The van der Waals surface area contributed by atoms with Crippen LogP contribution in [0, 0.1) is 0 Å². The Morgan fingerprint density at radius 2 is 1.79 bits per heavy atom. The Labute approximate surface area is 79.6 Å². The molecule has 1 rings (SSSR count). The van der Waals surface area contributed by atoms with Crippen molar-refractivity contribution in [2.45, 2.75) is 13.1 Å². The lowest BCUT2D eigenvalue weighted by Gasteiger charge is -2.14. The molecule has 0 amide bonds. The van der Waals surface area contributed by atoms with Crippen molar-refractivity contribution in [2.75, 3.05) is 18.5 Å². The van der Waals surface area contributed by atoms with Crippen molar-refractivity contribution in [2.24, 2.45) is 0 Å². The fourth-order valence-corrected chi connectivity index (χ4v) is 0.806. The molecule has 1 heterocycles. The summed E-state index contributed by atoms with van der Waals surface area (Å²) >= 11 is 0. The SMILES string of the molecule is CCN(C)c1ncc(C(F)(F)F)cn1. The lowest BCUT2D eigenvalue weighted by Crippen LogP contribution is -2.19. The molecule has 1 aromatic rings. The fourth-order valence-electron chi connectivity index (χ4n) is 0.806. The summed E-state index contributed by atoms with van der Waals surface area (Å²) in [4.78, 5) is 8.87. The first-order valence-electron chi connectivity index (χ1n) is 4.05. The summed E-state index contributed by atoms with van der Waals surface area (Å²) in [5.74, 6) is 0.292. The van der Waals surface area contributed by atoms with Crippen LogP contribution < -0.4 is 4.90 Å². The minimum atomic E-state index is -4.37. The van der Waals surface area contributed by atoms with Gasteiger partial charge < -0.3 is 4.90 Å². The quantitative estimate of drug-likeness (QED) is 0.738. The van der Waals surface area contributed by atoms with Crippen molar-refractivity contribution in [1.29, 1.82) is 0 Å². The number of alkyl halides is 3. The lowest BCUT2D eigenvalue weighted by molar-refractivity contribution is -0.138. The van der Waals surface area contributed by atoms with Crippen molar-refractivity contribution in [3.8, 4) is 0 Å². The van der Waals surface area contributed by atoms with Gasteiger partial charge in [0.25, 0.3) is 0 Å². The molecule has 6 heteroatoms. The van der Waals surface area contributed by atoms with Gasteiger partial charge in [0.2, 0.25) is 5.95 Å². The highest BCUT2D eigenvalue weighted by Gasteiger charge is 2.31. The van der Waals surface area contributed by atoms with Gasteiger partial charge in [0.15, 0.2) is 0 Å². The predicted octanol–water partition coefficient (Wildman–Crippen LogP) is 1.95. The van der Waals surface area contributed by atoms with Gasteiger partial charge in [0, 0.05) is 26.0 Å². The molecule has 0 aromatic carbocycles. The van der Waals surface area contributed by atoms with Crippen molar-refractivity contribution < 1.29 is 13.2 Å². The van der Waals surface area contributed by atoms with E-state index in [-0.39, 0.29) is 0 Å². The van der Waals surface area contributed by atoms with Gasteiger partial charge in [-0.2, -0.15) is 13.2 Å². The summed E-state index contributed by atoms with van der Waals surface area (Å²) in [5, 5.41) is 0. The third-order valence-electron chi connectivity index (χ3n) is 1.78. The first-order valence-corrected chi connectivity index (χ1v) is 4.05. The Morgan fingerprint density at radius 3 is 2.14 bits per heavy atom. The summed E-state index contributed by atoms with van der Waals surface area (Å²) in [5.41, 5.74) is -0.828. The largest absolute Gasteiger partial charge is 0.419 e. The van der Waals surface area contributed by atoms with E-state index in [9.17, 15) is 13.2 Å². The first kappa shape index (κ1) is 10.7. The van der Waals surface area contributed by atoms with Gasteiger partial charge in [-0.1, -0.05) is 0 Å². The molecule has 0 atom stereocenters. The number of anilines is 1. The maximum absolute atomic E-state index is 12.1. The zero-order valence-electron chi connectivity index (χ0n) is 7.84. The highest BCUT2D eigenvalue weighted by Crippen LogP contribution is 2.28. The molecule has 0 aliphatic carbocycles. The van der Waals surface area contributed by atoms with Crippen molar-refractivity contribution in [3.05, 3.63) is 18.0 Å². The van der Waals surface area contributed by atoms with E-state index >= 15 is 0 Å². The van der Waals surface area contributed by atoms with Gasteiger partial charge >= 0.3 is 6.18 Å². The zero-order valence-corrected chi connectivity index (χ0v) is 7.84. The van der Waals surface area contributed by atoms with E-state index in [1.54, 1.807) is 11.9 Å². The van der Waals surface area contributed by atoms with Gasteiger partial charge in [0.1, 0.15) is 0 Å². The Balaban J connectivity index is 2.89. The number of halogens is 3. The third kappa shape index (κ3) is 2.34. The Bertz CT molecular complexity index is 294. The molecular weight excluding hydrogens is 195 g/mol. The molecule has 0 saturated carbocycles. The average Bonchev–Trinajstić information content (AvgIpc) is 2.15. The Hall–Kier alpha value is -1.33. The molecule has 0 bridgehead atoms. The van der Waals surface area contributed by atoms with Crippen molar-refractivity contribution in [3.63, 3.8) is 0 Å². The van der Waals surface area contributed by atoms with E-state index < -0.39 is 11.7 Å². The normalized spacial score (nSPS) is 11.5. The number of hydrogen-bond donors (Lipinski definition) is 0. The van der Waals surface area contributed by atoms with E-state index in [0.29, 0.717) is 12.5 Å². The van der Waals surface area contributed by atoms with Crippen LogP contribution in [-0.4, -0.2) is 23.6 Å². The highest BCUT2D eigenvalue weighted by atomic mass is 19.4. The minimum absolute atomic E-state index is 0.292. The molecule has 0 N–H and O–H groups in total. The molecular formula is C8H10F3N3. The van der Waals surface area contributed by atoms with Gasteiger partial charge in [-0.3, -0.25) is 0 Å². The Kier molecular flexibility index (Phi) is 2.93. The number of aromatic nitrogens is 2. The summed E-state index contributed by atoms with van der Waals surface area (Å²) < 4.78 is 36.3. The van der Waals surface area contributed by atoms with Crippen LogP contribution in [0.15, 0.2) is 12.4 Å². The molecule has 14 heavy (non-hydrogen) atoms. The molecule has 0 fully saturated rings. The number of hydrogen-bond acceptors (Lipinski definition) is 3. The topological polar surface area (TPSA) is 29.0 Å². The summed E-state index contributed by atoms with van der Waals surface area (Å²) in [6.45, 7) is 2.51. The second-order valence-corrected chi connectivity index (χ2v) is 2.78. The summed E-state index contributed by atoms with van der Waals surface area (Å²) in [7, 11) is 1.71. The second-order valence-electron chi connectivity index (χ2n) is 2.78. The molecule has 0 unspecified atom stereocenters. The van der Waals surface area contributed by atoms with E-state index in [4.69, 9.17) is 0 Å². The number of nitrogens with zero attached hydrogens (tertiary/aromatic N) is 3. The standard InChI is InChI=1S/C8H10F3N3/c1-3-14(2)7-12-4-6(5-13-7)8(9,10)11/h4-5H,3H2,1-2H3. The summed E-state index contributed by atoms with van der Waals surface area (Å²) in [6.07, 6.45) is -2.80. The molecule has 0 radical (unpaired) electrons. The Morgan fingerprint density at radius 1 is 1.29 bits per heavy atom. The van der Waals surface area contributed by atoms with Crippen LogP contribution in [0.1, 0.15) is 12.5 Å². The average molecular weight is 205 g/mol. The maximum Gasteiger partial charge on any atom is 0.419 e. The second kappa shape index (κ2) is 3.81. The summed E-state index contributed by atoms with van der Waals surface area (Å²) in [6, 6.07) is 0. The molecule has 3 nitrogen and oxygen atoms in total. The highest BCUT2D eigenvalue weighted by molar-refractivity contribution is 5.28. The van der Waals surface area contributed by atoms with Crippen LogP contribution in [0.25, 0.3) is 0 Å². The molecule has 78 valence electrons. The maximum atomic E-state index is 12.1. The molecule has 1 aromatic heterocycles. The van der Waals surface area contributed by atoms with Crippen molar-refractivity contribution in [1.82, 2.24) is 9.97 Å². The van der Waals surface area contributed by atoms with Gasteiger partial charge in [0.05, 0.1) is 5.56 Å². The molecule has 0 saturated heterocycles. The molecule has 0 spiro atoms. The van der Waals surface area contributed by atoms with Crippen LogP contribution in [0.3, 0.4) is 0 Å². The monoisotopic (exact) mass is 205 g/mol. The third-order valence-corrected chi connectivity index (χ3v) is 1.78. The lowest BCUT2D eigenvalue weighted by atomic mass is 10.3. The van der Waals surface area contributed by atoms with Crippen LogP contribution in [0.2, 0.25) is 0 Å². The number of rotatable bonds is 2. The van der Waals surface area contributed by atoms with Gasteiger partial charge in [-0.25, -0.2) is 9.97 Å². The molecule has 0 aliphatic heterocycles. The van der Waals surface area contributed by atoms with E-state index in [0.717, 1.165) is 12.4 Å². The van der Waals surface area contributed by atoms with Crippen LogP contribution >= 0.6 is 0 Å². The van der Waals surface area contributed by atoms with Crippen LogP contribution in [0.5, 0.6) is 0 Å². The van der Waals surface area contributed by atoms with E-state index in [1.807, 2.05) is 6.92 Å². The van der Waals surface area contributed by atoms with E-state index in [2.05, 4.69) is 9.97 Å². The van der Waals surface area contributed by atoms with Crippen LogP contribution in [-0.2, 0) is 6.18 Å². The van der Waals surface area contributed by atoms with E-state index in [1.165, 1.54) is 0 Å². The van der Waals surface area contributed by atoms with Gasteiger partial charge in [-0.15, -0.1) is 0 Å². The minimum Gasteiger partial charge on any atom is -0.344 e. The predicted molar refractivity (Wildman–Crippen MR) is 46.0 cm³/mol. The van der Waals surface area contributed by atoms with Crippen LogP contribution in [0.4, 0.5) is 19.1 Å². The first-order chi connectivity index (χ1) is 6.45. The zero-order chi connectivity index (χ0) is 10.8. The molecule has 0 aliphatic rings. The smallest absolute Gasteiger partial charge is 0.344 e. The fraction of sp³-hybridized carbons (Fsp3) is 0.500.